The molecule has 1 aromatic heterocycles. The molecule has 0 saturated carbocycles. The molecule has 2 heterocycles. The van der Waals surface area contributed by atoms with Crippen LogP contribution in [0, 0.1) is 19.3 Å². The van der Waals surface area contributed by atoms with Gasteiger partial charge in [-0.05, 0) is 33.1 Å². The lowest BCUT2D eigenvalue weighted by Crippen LogP contribution is -2.35. The molecule has 0 unspecified atom stereocenters. The van der Waals surface area contributed by atoms with Gasteiger partial charge in [-0.3, -0.25) is 5.41 Å². The van der Waals surface area contributed by atoms with Gasteiger partial charge >= 0.3 is 0 Å². The van der Waals surface area contributed by atoms with E-state index in [0.717, 1.165) is 29.2 Å². The second-order valence-corrected chi connectivity index (χ2v) is 4.32. The SMILES string of the molecule is Cc1c(N2CCCCC2)nc(C)n(O)c1=N. The van der Waals surface area contributed by atoms with Crippen molar-refractivity contribution in [3.05, 3.63) is 16.9 Å². The van der Waals surface area contributed by atoms with E-state index in [-0.39, 0.29) is 5.49 Å². The van der Waals surface area contributed by atoms with Crippen LogP contribution in [0.4, 0.5) is 5.82 Å². The second-order valence-electron chi connectivity index (χ2n) is 4.32. The molecule has 1 saturated heterocycles. The van der Waals surface area contributed by atoms with Crippen LogP contribution in [0.15, 0.2) is 0 Å². The predicted molar refractivity (Wildman–Crippen MR) is 60.8 cm³/mol. The predicted octanol–water partition coefficient (Wildman–Crippen LogP) is 1.21. The van der Waals surface area contributed by atoms with Crippen molar-refractivity contribution in [1.82, 2.24) is 9.71 Å². The number of anilines is 1. The van der Waals surface area contributed by atoms with Crippen LogP contribution in [0.25, 0.3) is 0 Å². The molecule has 0 aliphatic carbocycles. The first kappa shape index (κ1) is 11.0. The Balaban J connectivity index is 2.44. The molecule has 0 aromatic carbocycles. The molecule has 1 aromatic rings. The number of piperidine rings is 1. The summed E-state index contributed by atoms with van der Waals surface area (Å²) < 4.78 is 0.836. The van der Waals surface area contributed by atoms with Gasteiger partial charge in [0.05, 0.1) is 0 Å². The van der Waals surface area contributed by atoms with Crippen LogP contribution in [-0.4, -0.2) is 28.0 Å². The summed E-state index contributed by atoms with van der Waals surface area (Å²) in [7, 11) is 0. The van der Waals surface area contributed by atoms with E-state index in [1.165, 1.54) is 19.3 Å². The Hall–Kier alpha value is -1.52. The quantitative estimate of drug-likeness (QED) is 0.702. The van der Waals surface area contributed by atoms with Crippen molar-refractivity contribution >= 4 is 5.82 Å². The zero-order chi connectivity index (χ0) is 11.7. The van der Waals surface area contributed by atoms with Gasteiger partial charge in [0.2, 0.25) is 0 Å². The normalized spacial score (nSPS) is 16.5. The number of rotatable bonds is 1. The Morgan fingerprint density at radius 3 is 2.44 bits per heavy atom. The molecule has 16 heavy (non-hydrogen) atoms. The second kappa shape index (κ2) is 4.15. The molecule has 5 heteroatoms. The molecule has 2 N–H and O–H groups in total. The van der Waals surface area contributed by atoms with Crippen LogP contribution in [0.1, 0.15) is 30.7 Å². The smallest absolute Gasteiger partial charge is 0.169 e. The van der Waals surface area contributed by atoms with Crippen LogP contribution in [-0.2, 0) is 0 Å². The fourth-order valence-electron chi connectivity index (χ4n) is 2.12. The summed E-state index contributed by atoms with van der Waals surface area (Å²) in [6.07, 6.45) is 3.64. The summed E-state index contributed by atoms with van der Waals surface area (Å²) in [6.45, 7) is 5.56. The fraction of sp³-hybridized carbons (Fsp3) is 0.636. The average Bonchev–Trinajstić information content (AvgIpc) is 2.32. The van der Waals surface area contributed by atoms with Gasteiger partial charge in [0, 0.05) is 18.7 Å². The molecule has 0 spiro atoms. The standard InChI is InChI=1S/C11H18N4O/c1-8-10(12)15(16)9(2)13-11(8)14-6-4-3-5-7-14/h12,16H,3-7H2,1-2H3. The summed E-state index contributed by atoms with van der Waals surface area (Å²) in [6, 6.07) is 0. The maximum Gasteiger partial charge on any atom is 0.169 e. The van der Waals surface area contributed by atoms with Crippen molar-refractivity contribution in [3.8, 4) is 0 Å². The van der Waals surface area contributed by atoms with E-state index in [4.69, 9.17) is 5.41 Å². The van der Waals surface area contributed by atoms with Crippen molar-refractivity contribution in [2.45, 2.75) is 33.1 Å². The van der Waals surface area contributed by atoms with Gasteiger partial charge in [0.15, 0.2) is 5.49 Å². The lowest BCUT2D eigenvalue weighted by molar-refractivity contribution is 0.158. The van der Waals surface area contributed by atoms with Crippen LogP contribution in [0.3, 0.4) is 0 Å². The zero-order valence-corrected chi connectivity index (χ0v) is 9.82. The Kier molecular flexibility index (Phi) is 2.85. The minimum atomic E-state index is 0.132. The van der Waals surface area contributed by atoms with Crippen LogP contribution < -0.4 is 10.4 Å². The first-order valence-corrected chi connectivity index (χ1v) is 5.70. The molecule has 1 aliphatic rings. The highest BCUT2D eigenvalue weighted by Gasteiger charge is 2.17. The maximum absolute atomic E-state index is 9.56. The minimum absolute atomic E-state index is 0.132. The summed E-state index contributed by atoms with van der Waals surface area (Å²) >= 11 is 0. The van der Waals surface area contributed by atoms with Gasteiger partial charge in [0.25, 0.3) is 0 Å². The highest BCUT2D eigenvalue weighted by Crippen LogP contribution is 2.19. The van der Waals surface area contributed by atoms with E-state index in [9.17, 15) is 5.21 Å². The van der Waals surface area contributed by atoms with E-state index in [1.807, 2.05) is 6.92 Å². The lowest BCUT2D eigenvalue weighted by Gasteiger charge is -2.29. The van der Waals surface area contributed by atoms with Crippen LogP contribution in [0.2, 0.25) is 0 Å². The first-order valence-electron chi connectivity index (χ1n) is 5.70. The van der Waals surface area contributed by atoms with E-state index < -0.39 is 0 Å². The number of hydrogen-bond acceptors (Lipinski definition) is 4. The van der Waals surface area contributed by atoms with Crippen LogP contribution in [0.5, 0.6) is 0 Å². The summed E-state index contributed by atoms with van der Waals surface area (Å²) in [5, 5.41) is 17.3. The highest BCUT2D eigenvalue weighted by atomic mass is 16.5. The number of nitrogens with one attached hydrogen (secondary N) is 1. The molecule has 2 rings (SSSR count). The molecule has 0 bridgehead atoms. The van der Waals surface area contributed by atoms with Gasteiger partial charge in [0.1, 0.15) is 11.6 Å². The van der Waals surface area contributed by atoms with Gasteiger partial charge in [-0.25, -0.2) is 4.98 Å². The van der Waals surface area contributed by atoms with Gasteiger partial charge in [-0.1, -0.05) is 0 Å². The van der Waals surface area contributed by atoms with Crippen molar-refractivity contribution < 1.29 is 5.21 Å². The first-order chi connectivity index (χ1) is 7.61. The molecule has 0 amide bonds. The van der Waals surface area contributed by atoms with Gasteiger partial charge in [-0.2, -0.15) is 4.73 Å². The maximum atomic E-state index is 9.56. The lowest BCUT2D eigenvalue weighted by atomic mass is 10.1. The summed E-state index contributed by atoms with van der Waals surface area (Å²) in [5.41, 5.74) is 0.878. The molecule has 88 valence electrons. The van der Waals surface area contributed by atoms with Crippen molar-refractivity contribution in [2.75, 3.05) is 18.0 Å². The molecule has 0 radical (unpaired) electrons. The molecular weight excluding hydrogens is 204 g/mol. The third-order valence-electron chi connectivity index (χ3n) is 3.13. The average molecular weight is 222 g/mol. The Morgan fingerprint density at radius 2 is 1.81 bits per heavy atom. The minimum Gasteiger partial charge on any atom is -0.425 e. The number of aromatic nitrogens is 2. The van der Waals surface area contributed by atoms with E-state index >= 15 is 0 Å². The Morgan fingerprint density at radius 1 is 1.19 bits per heavy atom. The van der Waals surface area contributed by atoms with Gasteiger partial charge in [-0.15, -0.1) is 0 Å². The molecule has 5 nitrogen and oxygen atoms in total. The number of nitrogens with zero attached hydrogens (tertiary/aromatic N) is 3. The molecule has 1 aliphatic heterocycles. The Labute approximate surface area is 94.8 Å². The Bertz CT molecular complexity index is 446. The van der Waals surface area contributed by atoms with E-state index in [2.05, 4.69) is 9.88 Å². The summed E-state index contributed by atoms with van der Waals surface area (Å²) in [4.78, 5) is 6.59. The van der Waals surface area contributed by atoms with Crippen molar-refractivity contribution in [2.24, 2.45) is 0 Å². The third kappa shape index (κ3) is 1.77. The van der Waals surface area contributed by atoms with Crippen LogP contribution >= 0.6 is 0 Å². The van der Waals surface area contributed by atoms with Crippen molar-refractivity contribution in [3.63, 3.8) is 0 Å². The molecular formula is C11H18N4O. The van der Waals surface area contributed by atoms with Gasteiger partial charge < -0.3 is 10.1 Å². The largest absolute Gasteiger partial charge is 0.425 e. The third-order valence-corrected chi connectivity index (χ3v) is 3.13. The van der Waals surface area contributed by atoms with Crippen molar-refractivity contribution in [1.29, 1.82) is 5.41 Å². The van der Waals surface area contributed by atoms with E-state index in [0.29, 0.717) is 5.82 Å². The zero-order valence-electron chi connectivity index (χ0n) is 9.82. The number of hydrogen-bond donors (Lipinski definition) is 2. The fourth-order valence-corrected chi connectivity index (χ4v) is 2.12. The monoisotopic (exact) mass is 222 g/mol. The topological polar surface area (TPSA) is 65.1 Å². The molecule has 0 atom stereocenters. The summed E-state index contributed by atoms with van der Waals surface area (Å²) in [5.74, 6) is 1.32. The highest BCUT2D eigenvalue weighted by molar-refractivity contribution is 5.45. The van der Waals surface area contributed by atoms with E-state index in [1.54, 1.807) is 6.92 Å². The molecule has 1 fully saturated rings. The number of aryl methyl sites for hydroxylation is 1.